The van der Waals surface area contributed by atoms with Gasteiger partial charge in [0.25, 0.3) is 5.91 Å². The van der Waals surface area contributed by atoms with Gasteiger partial charge in [0, 0.05) is 30.9 Å². The van der Waals surface area contributed by atoms with E-state index in [0.717, 1.165) is 43.9 Å². The van der Waals surface area contributed by atoms with Gasteiger partial charge in [0.15, 0.2) is 0 Å². The molecule has 1 unspecified atom stereocenters. The standard InChI is InChI=1S/C15H25N3OS/c1-4-7-18(12-5-6-16-9-12)15(19)13-10-20-14(17-13)8-11(2)3/h10-12,16H,4-9H2,1-3H3. The third-order valence-electron chi connectivity index (χ3n) is 3.55. The van der Waals surface area contributed by atoms with Crippen LogP contribution >= 0.6 is 11.3 Å². The molecule has 1 aromatic heterocycles. The lowest BCUT2D eigenvalue weighted by atomic mass is 10.1. The second kappa shape index (κ2) is 7.18. The fourth-order valence-electron chi connectivity index (χ4n) is 2.60. The summed E-state index contributed by atoms with van der Waals surface area (Å²) in [6.45, 7) is 9.21. The molecule has 1 aliphatic rings. The van der Waals surface area contributed by atoms with Crippen LogP contribution in [0.3, 0.4) is 0 Å². The van der Waals surface area contributed by atoms with E-state index in [2.05, 4.69) is 31.1 Å². The fraction of sp³-hybridized carbons (Fsp3) is 0.733. The number of rotatable bonds is 6. The van der Waals surface area contributed by atoms with Crippen LogP contribution in [0.25, 0.3) is 0 Å². The molecule has 2 heterocycles. The first-order chi connectivity index (χ1) is 9.61. The van der Waals surface area contributed by atoms with Crippen LogP contribution in [0.15, 0.2) is 5.38 Å². The molecule has 20 heavy (non-hydrogen) atoms. The smallest absolute Gasteiger partial charge is 0.273 e. The topological polar surface area (TPSA) is 45.2 Å². The van der Waals surface area contributed by atoms with Gasteiger partial charge in [-0.2, -0.15) is 0 Å². The minimum Gasteiger partial charge on any atom is -0.333 e. The molecule has 1 aromatic rings. The van der Waals surface area contributed by atoms with Gasteiger partial charge in [-0.1, -0.05) is 20.8 Å². The molecular weight excluding hydrogens is 270 g/mol. The molecule has 1 aliphatic heterocycles. The number of nitrogens with zero attached hydrogens (tertiary/aromatic N) is 2. The number of amides is 1. The van der Waals surface area contributed by atoms with Crippen molar-refractivity contribution < 1.29 is 4.79 Å². The summed E-state index contributed by atoms with van der Waals surface area (Å²) in [7, 11) is 0. The largest absolute Gasteiger partial charge is 0.333 e. The molecule has 0 spiro atoms. The maximum absolute atomic E-state index is 12.7. The summed E-state index contributed by atoms with van der Waals surface area (Å²) >= 11 is 1.61. The first kappa shape index (κ1) is 15.4. The highest BCUT2D eigenvalue weighted by atomic mass is 32.1. The van der Waals surface area contributed by atoms with Crippen LogP contribution in [0.2, 0.25) is 0 Å². The summed E-state index contributed by atoms with van der Waals surface area (Å²) in [4.78, 5) is 19.2. The highest BCUT2D eigenvalue weighted by Gasteiger charge is 2.27. The van der Waals surface area contributed by atoms with Crippen LogP contribution in [-0.2, 0) is 6.42 Å². The summed E-state index contributed by atoms with van der Waals surface area (Å²) in [5.74, 6) is 0.682. The van der Waals surface area contributed by atoms with Crippen LogP contribution < -0.4 is 5.32 Å². The first-order valence-electron chi connectivity index (χ1n) is 7.58. The lowest BCUT2D eigenvalue weighted by Gasteiger charge is -2.27. The van der Waals surface area contributed by atoms with Gasteiger partial charge in [-0.3, -0.25) is 4.79 Å². The van der Waals surface area contributed by atoms with Gasteiger partial charge in [0.2, 0.25) is 0 Å². The summed E-state index contributed by atoms with van der Waals surface area (Å²) in [6, 6.07) is 0.331. The Kier molecular flexibility index (Phi) is 5.54. The lowest BCUT2D eigenvalue weighted by molar-refractivity contribution is 0.0687. The summed E-state index contributed by atoms with van der Waals surface area (Å²) in [6.07, 6.45) is 3.00. The second-order valence-corrected chi connectivity index (χ2v) is 6.81. The van der Waals surface area contributed by atoms with Gasteiger partial charge >= 0.3 is 0 Å². The molecule has 5 heteroatoms. The Morgan fingerprint density at radius 2 is 2.40 bits per heavy atom. The molecule has 2 rings (SSSR count). The van der Waals surface area contributed by atoms with Crippen LogP contribution in [0.4, 0.5) is 0 Å². The van der Waals surface area contributed by atoms with Crippen molar-refractivity contribution in [1.82, 2.24) is 15.2 Å². The monoisotopic (exact) mass is 295 g/mol. The number of nitrogens with one attached hydrogen (secondary N) is 1. The SMILES string of the molecule is CCCN(C(=O)c1csc(CC(C)C)n1)C1CCNC1. The molecule has 0 aromatic carbocycles. The molecule has 0 bridgehead atoms. The molecule has 1 amide bonds. The number of carbonyl (C=O) groups excluding carboxylic acids is 1. The Labute approximate surface area is 125 Å². The fourth-order valence-corrected chi connectivity index (χ4v) is 3.58. The van der Waals surface area contributed by atoms with E-state index in [9.17, 15) is 4.79 Å². The number of thiazole rings is 1. The van der Waals surface area contributed by atoms with Crippen LogP contribution in [0.5, 0.6) is 0 Å². The third kappa shape index (κ3) is 3.79. The van der Waals surface area contributed by atoms with Crippen molar-refractivity contribution >= 4 is 17.2 Å². The number of aromatic nitrogens is 1. The molecule has 1 atom stereocenters. The van der Waals surface area contributed by atoms with Gasteiger partial charge in [0.1, 0.15) is 5.69 Å². The predicted molar refractivity (Wildman–Crippen MR) is 83.3 cm³/mol. The minimum atomic E-state index is 0.104. The van der Waals surface area contributed by atoms with Crippen molar-refractivity contribution in [3.8, 4) is 0 Å². The van der Waals surface area contributed by atoms with E-state index in [1.807, 2.05) is 10.3 Å². The Morgan fingerprint density at radius 1 is 1.60 bits per heavy atom. The van der Waals surface area contributed by atoms with Crippen molar-refractivity contribution in [2.45, 2.75) is 46.1 Å². The summed E-state index contributed by atoms with van der Waals surface area (Å²) < 4.78 is 0. The molecule has 1 N–H and O–H groups in total. The third-order valence-corrected chi connectivity index (χ3v) is 4.43. The van der Waals surface area contributed by atoms with Crippen molar-refractivity contribution in [3.05, 3.63) is 16.1 Å². The van der Waals surface area contributed by atoms with Gasteiger partial charge < -0.3 is 10.2 Å². The van der Waals surface area contributed by atoms with E-state index in [4.69, 9.17) is 0 Å². The number of hydrogen-bond donors (Lipinski definition) is 1. The molecule has 0 saturated carbocycles. The first-order valence-corrected chi connectivity index (χ1v) is 8.45. The molecule has 4 nitrogen and oxygen atoms in total. The van der Waals surface area contributed by atoms with Crippen molar-refractivity contribution in [2.75, 3.05) is 19.6 Å². The van der Waals surface area contributed by atoms with Gasteiger partial charge in [0.05, 0.1) is 5.01 Å². The lowest BCUT2D eigenvalue weighted by Crippen LogP contribution is -2.42. The Hall–Kier alpha value is -0.940. The van der Waals surface area contributed by atoms with E-state index < -0.39 is 0 Å². The summed E-state index contributed by atoms with van der Waals surface area (Å²) in [5, 5.41) is 6.33. The van der Waals surface area contributed by atoms with Gasteiger partial charge in [-0.05, 0) is 25.3 Å². The zero-order valence-corrected chi connectivity index (χ0v) is 13.5. The quantitative estimate of drug-likeness (QED) is 0.877. The van der Waals surface area contributed by atoms with Crippen LogP contribution in [0, 0.1) is 5.92 Å². The van der Waals surface area contributed by atoms with Crippen molar-refractivity contribution in [1.29, 1.82) is 0 Å². The zero-order chi connectivity index (χ0) is 14.5. The molecule has 112 valence electrons. The van der Waals surface area contributed by atoms with E-state index in [1.165, 1.54) is 0 Å². The maximum Gasteiger partial charge on any atom is 0.273 e. The highest BCUT2D eigenvalue weighted by molar-refractivity contribution is 7.09. The highest BCUT2D eigenvalue weighted by Crippen LogP contribution is 2.18. The minimum absolute atomic E-state index is 0.104. The zero-order valence-electron chi connectivity index (χ0n) is 12.7. The summed E-state index contributed by atoms with van der Waals surface area (Å²) in [5.41, 5.74) is 0.631. The normalized spacial score (nSPS) is 18.7. The molecule has 0 radical (unpaired) electrons. The average molecular weight is 295 g/mol. The Morgan fingerprint density at radius 3 is 3.00 bits per heavy atom. The maximum atomic E-state index is 12.7. The van der Waals surface area contributed by atoms with E-state index >= 15 is 0 Å². The van der Waals surface area contributed by atoms with Crippen LogP contribution in [0.1, 0.15) is 49.1 Å². The van der Waals surface area contributed by atoms with E-state index in [-0.39, 0.29) is 5.91 Å². The molecule has 1 fully saturated rings. The molecule has 1 saturated heterocycles. The van der Waals surface area contributed by atoms with E-state index in [0.29, 0.717) is 17.7 Å². The second-order valence-electron chi connectivity index (χ2n) is 5.87. The van der Waals surface area contributed by atoms with Crippen molar-refractivity contribution in [3.63, 3.8) is 0 Å². The Bertz CT molecular complexity index is 438. The van der Waals surface area contributed by atoms with E-state index in [1.54, 1.807) is 11.3 Å². The Balaban J connectivity index is 2.08. The van der Waals surface area contributed by atoms with Crippen molar-refractivity contribution in [2.24, 2.45) is 5.92 Å². The molecular formula is C15H25N3OS. The van der Waals surface area contributed by atoms with Gasteiger partial charge in [-0.25, -0.2) is 4.98 Å². The van der Waals surface area contributed by atoms with Gasteiger partial charge in [-0.15, -0.1) is 11.3 Å². The predicted octanol–water partition coefficient (Wildman–Crippen LogP) is 2.56. The van der Waals surface area contributed by atoms with Crippen LogP contribution in [-0.4, -0.2) is 41.5 Å². The molecule has 0 aliphatic carbocycles. The average Bonchev–Trinajstić information content (AvgIpc) is 3.05. The number of hydrogen-bond acceptors (Lipinski definition) is 4. The number of carbonyl (C=O) groups is 1.